The Hall–Kier alpha value is -3.30. The third-order valence-corrected chi connectivity index (χ3v) is 7.27. The molecule has 0 saturated carbocycles. The summed E-state index contributed by atoms with van der Waals surface area (Å²) in [5, 5.41) is 5.14. The van der Waals surface area contributed by atoms with Gasteiger partial charge in [-0.1, -0.05) is 19.1 Å². The first kappa shape index (κ1) is 26.8. The Labute approximate surface area is 213 Å². The second-order valence-electron chi connectivity index (χ2n) is 9.58. The smallest absolute Gasteiger partial charge is 0.431 e. The van der Waals surface area contributed by atoms with Gasteiger partial charge in [0.2, 0.25) is 0 Å². The summed E-state index contributed by atoms with van der Waals surface area (Å²) in [6.45, 7) is 2.88. The van der Waals surface area contributed by atoms with Crippen LogP contribution in [0, 0.1) is 17.7 Å². The van der Waals surface area contributed by atoms with Gasteiger partial charge in [-0.25, -0.2) is 4.39 Å². The van der Waals surface area contributed by atoms with Crippen LogP contribution in [-0.2, 0) is 16.0 Å². The molecule has 2 heterocycles. The molecule has 0 N–H and O–H groups in total. The average Bonchev–Trinajstić information content (AvgIpc) is 3.21. The maximum absolute atomic E-state index is 14.3. The fourth-order valence-corrected chi connectivity index (χ4v) is 5.11. The topological polar surface area (TPSA) is 54.4 Å². The van der Waals surface area contributed by atoms with Crippen molar-refractivity contribution in [1.82, 2.24) is 0 Å². The molecule has 2 aromatic carbocycles. The summed E-state index contributed by atoms with van der Waals surface area (Å²) in [6.07, 6.45) is -2.18. The van der Waals surface area contributed by atoms with Crippen molar-refractivity contribution in [3.63, 3.8) is 0 Å². The molecule has 6 nitrogen and oxygen atoms in total. The van der Waals surface area contributed by atoms with E-state index in [9.17, 15) is 22.4 Å². The van der Waals surface area contributed by atoms with Crippen LogP contribution in [0.5, 0.6) is 5.75 Å². The van der Waals surface area contributed by atoms with Crippen LogP contribution < -0.4 is 14.6 Å². The SMILES string of the molecule is COC(=O)CC1C(C)C(C(F)(F)F)=NN1c1ccc(CC2CCN(c3cc(OC)ccc3F)CC2)cc1. The minimum atomic E-state index is -4.58. The summed E-state index contributed by atoms with van der Waals surface area (Å²) < 4.78 is 64.8. The van der Waals surface area contributed by atoms with Gasteiger partial charge in [-0.15, -0.1) is 0 Å². The van der Waals surface area contributed by atoms with Gasteiger partial charge in [0.1, 0.15) is 17.3 Å². The molecular weight excluding hydrogens is 490 g/mol. The van der Waals surface area contributed by atoms with Crippen molar-refractivity contribution in [3.8, 4) is 5.75 Å². The number of methoxy groups -OCH3 is 2. The van der Waals surface area contributed by atoms with E-state index < -0.39 is 29.8 Å². The van der Waals surface area contributed by atoms with Crippen LogP contribution in [0.4, 0.5) is 28.9 Å². The summed E-state index contributed by atoms with van der Waals surface area (Å²) >= 11 is 0. The van der Waals surface area contributed by atoms with E-state index in [0.717, 1.165) is 37.9 Å². The van der Waals surface area contributed by atoms with Crippen molar-refractivity contribution in [2.24, 2.45) is 16.9 Å². The van der Waals surface area contributed by atoms with Gasteiger partial charge in [-0.3, -0.25) is 9.80 Å². The van der Waals surface area contributed by atoms with Crippen molar-refractivity contribution in [1.29, 1.82) is 0 Å². The number of piperidine rings is 1. The number of nitrogens with zero attached hydrogens (tertiary/aromatic N) is 3. The molecule has 4 rings (SSSR count). The maximum atomic E-state index is 14.3. The van der Waals surface area contributed by atoms with Crippen LogP contribution in [0.3, 0.4) is 0 Å². The molecule has 37 heavy (non-hydrogen) atoms. The van der Waals surface area contributed by atoms with Gasteiger partial charge in [0.05, 0.1) is 38.1 Å². The molecule has 0 aromatic heterocycles. The van der Waals surface area contributed by atoms with Crippen LogP contribution in [0.1, 0.15) is 31.7 Å². The highest BCUT2D eigenvalue weighted by atomic mass is 19.4. The largest absolute Gasteiger partial charge is 0.497 e. The Morgan fingerprint density at radius 1 is 1.08 bits per heavy atom. The molecule has 0 amide bonds. The quantitative estimate of drug-likeness (QED) is 0.351. The molecule has 200 valence electrons. The Morgan fingerprint density at radius 2 is 1.76 bits per heavy atom. The number of rotatable bonds is 7. The Morgan fingerprint density at radius 3 is 2.35 bits per heavy atom. The number of alkyl halides is 3. The van der Waals surface area contributed by atoms with Gasteiger partial charge >= 0.3 is 12.1 Å². The van der Waals surface area contributed by atoms with Crippen LogP contribution in [0.15, 0.2) is 47.6 Å². The highest BCUT2D eigenvalue weighted by molar-refractivity contribution is 5.96. The number of carbonyl (C=O) groups is 1. The van der Waals surface area contributed by atoms with Crippen LogP contribution in [-0.4, -0.2) is 51.2 Å². The zero-order chi connectivity index (χ0) is 26.7. The zero-order valence-corrected chi connectivity index (χ0v) is 21.1. The molecule has 10 heteroatoms. The third kappa shape index (κ3) is 5.99. The number of anilines is 2. The summed E-state index contributed by atoms with van der Waals surface area (Å²) in [6, 6.07) is 11.2. The summed E-state index contributed by atoms with van der Waals surface area (Å²) in [4.78, 5) is 13.9. The Balaban J connectivity index is 1.41. The molecule has 2 atom stereocenters. The molecule has 0 radical (unpaired) electrons. The minimum Gasteiger partial charge on any atom is -0.497 e. The first-order chi connectivity index (χ1) is 17.6. The standard InChI is InChI=1S/C27H31F4N3O3/c1-17-23(16-25(35)37-3)34(32-26(17)27(29,30)31)20-6-4-18(5-7-20)14-19-10-12-33(13-11-19)24-15-21(36-2)8-9-22(24)28/h4-9,15,17,19,23H,10-14,16H2,1-3H3. The number of ether oxygens (including phenoxy) is 2. The lowest BCUT2D eigenvalue weighted by Gasteiger charge is -2.34. The second-order valence-corrected chi connectivity index (χ2v) is 9.58. The fourth-order valence-electron chi connectivity index (χ4n) is 5.11. The van der Waals surface area contributed by atoms with Gasteiger partial charge in [0.25, 0.3) is 0 Å². The van der Waals surface area contributed by atoms with Crippen LogP contribution in [0.2, 0.25) is 0 Å². The summed E-state index contributed by atoms with van der Waals surface area (Å²) in [5.41, 5.74) is 1.20. The van der Waals surface area contributed by atoms with E-state index in [-0.39, 0.29) is 12.2 Å². The van der Waals surface area contributed by atoms with Crippen LogP contribution in [0.25, 0.3) is 0 Å². The predicted octanol–water partition coefficient (Wildman–Crippen LogP) is 5.60. The van der Waals surface area contributed by atoms with Crippen molar-refractivity contribution < 1.29 is 31.8 Å². The predicted molar refractivity (Wildman–Crippen MR) is 134 cm³/mol. The molecule has 0 aliphatic carbocycles. The highest BCUT2D eigenvalue weighted by Crippen LogP contribution is 2.37. The fraction of sp³-hybridized carbons (Fsp3) is 0.481. The normalized spacial score (nSPS) is 20.7. The second kappa shape index (κ2) is 11.0. The molecule has 2 aliphatic heterocycles. The number of hydrogen-bond donors (Lipinski definition) is 0. The lowest BCUT2D eigenvalue weighted by atomic mass is 9.89. The highest BCUT2D eigenvalue weighted by Gasteiger charge is 2.48. The lowest BCUT2D eigenvalue weighted by molar-refractivity contribution is -0.141. The van der Waals surface area contributed by atoms with Crippen molar-refractivity contribution in [2.75, 3.05) is 37.2 Å². The number of esters is 1. The van der Waals surface area contributed by atoms with Crippen LogP contribution >= 0.6 is 0 Å². The van der Waals surface area contributed by atoms with Crippen molar-refractivity contribution in [2.45, 2.75) is 44.8 Å². The molecule has 1 fully saturated rings. The zero-order valence-electron chi connectivity index (χ0n) is 21.1. The van der Waals surface area contributed by atoms with Gasteiger partial charge in [0, 0.05) is 25.1 Å². The molecule has 2 unspecified atom stereocenters. The van der Waals surface area contributed by atoms with E-state index in [4.69, 9.17) is 9.47 Å². The number of carbonyl (C=O) groups excluding carboxylic acids is 1. The average molecular weight is 522 g/mol. The molecule has 0 spiro atoms. The first-order valence-corrected chi connectivity index (χ1v) is 12.3. The molecule has 1 saturated heterocycles. The van der Waals surface area contributed by atoms with E-state index in [1.54, 1.807) is 31.4 Å². The Kier molecular flexibility index (Phi) is 7.94. The van der Waals surface area contributed by atoms with E-state index in [2.05, 4.69) is 5.10 Å². The van der Waals surface area contributed by atoms with Crippen molar-refractivity contribution >= 4 is 23.1 Å². The van der Waals surface area contributed by atoms with Gasteiger partial charge in [0.15, 0.2) is 0 Å². The molecule has 0 bridgehead atoms. The monoisotopic (exact) mass is 521 g/mol. The number of hydrazone groups is 1. The van der Waals surface area contributed by atoms with Crippen molar-refractivity contribution in [3.05, 3.63) is 53.8 Å². The number of halogens is 4. The van der Waals surface area contributed by atoms with E-state index in [1.807, 2.05) is 17.0 Å². The maximum Gasteiger partial charge on any atom is 0.431 e. The number of hydrogen-bond acceptors (Lipinski definition) is 6. The molecule has 2 aromatic rings. The van der Waals surface area contributed by atoms with E-state index >= 15 is 0 Å². The van der Waals surface area contributed by atoms with Gasteiger partial charge in [-0.05, 0) is 55.0 Å². The molecular formula is C27H31F4N3O3. The summed E-state index contributed by atoms with van der Waals surface area (Å²) in [7, 11) is 2.77. The first-order valence-electron chi connectivity index (χ1n) is 12.3. The third-order valence-electron chi connectivity index (χ3n) is 7.27. The summed E-state index contributed by atoms with van der Waals surface area (Å²) in [5.74, 6) is -0.806. The van der Waals surface area contributed by atoms with E-state index in [0.29, 0.717) is 23.0 Å². The van der Waals surface area contributed by atoms with Gasteiger partial charge in [-0.2, -0.15) is 18.3 Å². The van der Waals surface area contributed by atoms with E-state index in [1.165, 1.54) is 25.1 Å². The molecule has 2 aliphatic rings. The van der Waals surface area contributed by atoms with Gasteiger partial charge < -0.3 is 14.4 Å². The minimum absolute atomic E-state index is 0.199. The number of benzene rings is 2. The Bertz CT molecular complexity index is 1130. The lowest BCUT2D eigenvalue weighted by Crippen LogP contribution is -2.37.